The number of nitrogens with zero attached hydrogens (tertiary/aromatic N) is 2. The highest BCUT2D eigenvalue weighted by Gasteiger charge is 2.12. The molecule has 0 radical (unpaired) electrons. The first-order chi connectivity index (χ1) is 9.70. The van der Waals surface area contributed by atoms with Crippen molar-refractivity contribution in [2.24, 2.45) is 0 Å². The molecule has 0 fully saturated rings. The Morgan fingerprint density at radius 1 is 1.45 bits per heavy atom. The van der Waals surface area contributed by atoms with Crippen LogP contribution in [0.2, 0.25) is 0 Å². The summed E-state index contributed by atoms with van der Waals surface area (Å²) in [4.78, 5) is 19.4. The summed E-state index contributed by atoms with van der Waals surface area (Å²) < 4.78 is 5.08. The monoisotopic (exact) mass is 273 g/mol. The standard InChI is InChI=1S/C14H15N3O3/c1-20-11-4-2-3-10(7-11)13(18)9-17-14(19)12-8-15-5-6-16-12/h2-8,13,18H,9H2,1H3,(H,17,19). The van der Waals surface area contributed by atoms with E-state index in [4.69, 9.17) is 4.74 Å². The van der Waals surface area contributed by atoms with Gasteiger partial charge in [-0.05, 0) is 17.7 Å². The van der Waals surface area contributed by atoms with Crippen molar-refractivity contribution < 1.29 is 14.6 Å². The van der Waals surface area contributed by atoms with E-state index < -0.39 is 6.10 Å². The van der Waals surface area contributed by atoms with Gasteiger partial charge in [0.25, 0.3) is 5.91 Å². The molecule has 0 bridgehead atoms. The van der Waals surface area contributed by atoms with E-state index in [9.17, 15) is 9.90 Å². The summed E-state index contributed by atoms with van der Waals surface area (Å²) in [5.74, 6) is 0.279. The van der Waals surface area contributed by atoms with Crippen LogP contribution in [0.4, 0.5) is 0 Å². The van der Waals surface area contributed by atoms with Crippen LogP contribution in [0.3, 0.4) is 0 Å². The second kappa shape index (κ2) is 6.63. The van der Waals surface area contributed by atoms with Crippen LogP contribution in [0.25, 0.3) is 0 Å². The van der Waals surface area contributed by atoms with Crippen molar-refractivity contribution in [1.82, 2.24) is 15.3 Å². The topological polar surface area (TPSA) is 84.3 Å². The summed E-state index contributed by atoms with van der Waals surface area (Å²) in [6.07, 6.45) is 3.48. The maximum absolute atomic E-state index is 11.8. The lowest BCUT2D eigenvalue weighted by molar-refractivity contribution is 0.0911. The number of ether oxygens (including phenoxy) is 1. The molecule has 1 aromatic carbocycles. The van der Waals surface area contributed by atoms with Crippen molar-refractivity contribution in [1.29, 1.82) is 0 Å². The summed E-state index contributed by atoms with van der Waals surface area (Å²) >= 11 is 0. The molecule has 0 saturated carbocycles. The van der Waals surface area contributed by atoms with Crippen LogP contribution in [-0.2, 0) is 0 Å². The van der Waals surface area contributed by atoms with Gasteiger partial charge in [-0.15, -0.1) is 0 Å². The van der Waals surface area contributed by atoms with Crippen LogP contribution in [0.1, 0.15) is 22.2 Å². The fraction of sp³-hybridized carbons (Fsp3) is 0.214. The molecule has 0 aliphatic rings. The maximum Gasteiger partial charge on any atom is 0.271 e. The highest BCUT2D eigenvalue weighted by molar-refractivity contribution is 5.91. The van der Waals surface area contributed by atoms with Gasteiger partial charge >= 0.3 is 0 Å². The number of hydrogen-bond donors (Lipinski definition) is 2. The number of aromatic nitrogens is 2. The van der Waals surface area contributed by atoms with Gasteiger partial charge in [-0.3, -0.25) is 9.78 Å². The van der Waals surface area contributed by atoms with E-state index in [2.05, 4.69) is 15.3 Å². The zero-order chi connectivity index (χ0) is 14.4. The highest BCUT2D eigenvalue weighted by Crippen LogP contribution is 2.18. The van der Waals surface area contributed by atoms with Crippen molar-refractivity contribution in [2.75, 3.05) is 13.7 Å². The van der Waals surface area contributed by atoms with Crippen molar-refractivity contribution in [3.8, 4) is 5.75 Å². The number of nitrogens with one attached hydrogen (secondary N) is 1. The van der Waals surface area contributed by atoms with E-state index in [-0.39, 0.29) is 18.1 Å². The summed E-state index contributed by atoms with van der Waals surface area (Å²) in [5, 5.41) is 12.6. The molecule has 1 aromatic heterocycles. The number of carbonyl (C=O) groups excluding carboxylic acids is 1. The summed E-state index contributed by atoms with van der Waals surface area (Å²) in [6, 6.07) is 7.05. The quantitative estimate of drug-likeness (QED) is 0.847. The van der Waals surface area contributed by atoms with Gasteiger partial charge in [0.2, 0.25) is 0 Å². The number of methoxy groups -OCH3 is 1. The Hall–Kier alpha value is -2.47. The molecule has 2 aromatic rings. The van der Waals surface area contributed by atoms with Gasteiger partial charge in [-0.1, -0.05) is 12.1 Å². The zero-order valence-electron chi connectivity index (χ0n) is 11.0. The van der Waals surface area contributed by atoms with Gasteiger partial charge in [0.15, 0.2) is 0 Å². The normalized spacial score (nSPS) is 11.7. The van der Waals surface area contributed by atoms with Crippen LogP contribution >= 0.6 is 0 Å². The molecule has 2 rings (SSSR count). The Morgan fingerprint density at radius 3 is 3.00 bits per heavy atom. The van der Waals surface area contributed by atoms with Crippen molar-refractivity contribution >= 4 is 5.91 Å². The Bertz CT molecular complexity index is 575. The summed E-state index contributed by atoms with van der Waals surface area (Å²) in [6.45, 7) is 0.0859. The lowest BCUT2D eigenvalue weighted by atomic mass is 10.1. The molecule has 104 valence electrons. The minimum Gasteiger partial charge on any atom is -0.497 e. The van der Waals surface area contributed by atoms with Crippen LogP contribution in [0, 0.1) is 0 Å². The third-order valence-corrected chi connectivity index (χ3v) is 2.73. The minimum atomic E-state index is -0.814. The Balaban J connectivity index is 1.95. The van der Waals surface area contributed by atoms with Gasteiger partial charge in [-0.25, -0.2) is 4.98 Å². The van der Waals surface area contributed by atoms with Crippen LogP contribution < -0.4 is 10.1 Å². The highest BCUT2D eigenvalue weighted by atomic mass is 16.5. The van der Waals surface area contributed by atoms with E-state index in [0.717, 1.165) is 0 Å². The largest absolute Gasteiger partial charge is 0.497 e. The van der Waals surface area contributed by atoms with E-state index in [1.54, 1.807) is 31.4 Å². The van der Waals surface area contributed by atoms with E-state index in [0.29, 0.717) is 11.3 Å². The average Bonchev–Trinajstić information content (AvgIpc) is 2.53. The molecule has 1 atom stereocenters. The van der Waals surface area contributed by atoms with Gasteiger partial charge in [0.05, 0.1) is 19.4 Å². The first-order valence-electron chi connectivity index (χ1n) is 6.07. The van der Waals surface area contributed by atoms with Crippen LogP contribution in [0.15, 0.2) is 42.9 Å². The molecule has 6 heteroatoms. The predicted molar refractivity (Wildman–Crippen MR) is 72.3 cm³/mol. The number of benzene rings is 1. The minimum absolute atomic E-state index is 0.0859. The number of hydrogen-bond acceptors (Lipinski definition) is 5. The van der Waals surface area contributed by atoms with E-state index in [1.165, 1.54) is 18.6 Å². The molecule has 20 heavy (non-hydrogen) atoms. The molecule has 0 aliphatic heterocycles. The third-order valence-electron chi connectivity index (χ3n) is 2.73. The number of aliphatic hydroxyl groups excluding tert-OH is 1. The first-order valence-corrected chi connectivity index (χ1v) is 6.07. The van der Waals surface area contributed by atoms with Gasteiger partial charge in [-0.2, -0.15) is 0 Å². The van der Waals surface area contributed by atoms with Gasteiger partial charge < -0.3 is 15.2 Å². The lowest BCUT2D eigenvalue weighted by Gasteiger charge is -2.13. The van der Waals surface area contributed by atoms with E-state index >= 15 is 0 Å². The van der Waals surface area contributed by atoms with Crippen molar-refractivity contribution in [2.45, 2.75) is 6.10 Å². The number of aliphatic hydroxyl groups is 1. The lowest BCUT2D eigenvalue weighted by Crippen LogP contribution is -2.29. The van der Waals surface area contributed by atoms with Crippen molar-refractivity contribution in [3.05, 3.63) is 54.1 Å². The molecular weight excluding hydrogens is 258 g/mol. The molecule has 1 heterocycles. The first kappa shape index (κ1) is 14.0. The summed E-state index contributed by atoms with van der Waals surface area (Å²) in [7, 11) is 1.56. The molecule has 0 spiro atoms. The molecule has 2 N–H and O–H groups in total. The van der Waals surface area contributed by atoms with Gasteiger partial charge in [0, 0.05) is 18.9 Å². The van der Waals surface area contributed by atoms with Gasteiger partial charge in [0.1, 0.15) is 11.4 Å². The average molecular weight is 273 g/mol. The summed E-state index contributed by atoms with van der Waals surface area (Å²) in [5.41, 5.74) is 0.883. The fourth-order valence-electron chi connectivity index (χ4n) is 1.66. The molecular formula is C14H15N3O3. The molecule has 0 aliphatic carbocycles. The van der Waals surface area contributed by atoms with Crippen LogP contribution in [-0.4, -0.2) is 34.6 Å². The molecule has 6 nitrogen and oxygen atoms in total. The third kappa shape index (κ3) is 3.52. The van der Waals surface area contributed by atoms with Crippen molar-refractivity contribution in [3.63, 3.8) is 0 Å². The molecule has 1 unspecified atom stereocenters. The Labute approximate surface area is 116 Å². The zero-order valence-corrected chi connectivity index (χ0v) is 11.0. The predicted octanol–water partition coefficient (Wildman–Crippen LogP) is 0.949. The molecule has 1 amide bonds. The second-order valence-electron chi connectivity index (χ2n) is 4.09. The second-order valence-corrected chi connectivity index (χ2v) is 4.09. The number of carbonyl (C=O) groups is 1. The van der Waals surface area contributed by atoms with Crippen LogP contribution in [0.5, 0.6) is 5.75 Å². The molecule has 0 saturated heterocycles. The van der Waals surface area contributed by atoms with E-state index in [1.807, 2.05) is 0 Å². The number of amides is 1. The Morgan fingerprint density at radius 2 is 2.30 bits per heavy atom. The Kier molecular flexibility index (Phi) is 4.62. The smallest absolute Gasteiger partial charge is 0.271 e. The number of rotatable bonds is 5. The SMILES string of the molecule is COc1cccc(C(O)CNC(=O)c2cnccn2)c1. The maximum atomic E-state index is 11.8. The fourth-order valence-corrected chi connectivity index (χ4v) is 1.66.